The number of rotatable bonds is 9. The van der Waals surface area contributed by atoms with Crippen LogP contribution in [0.5, 0.6) is 11.5 Å². The molecular formula is C25H35IN4O3. The van der Waals surface area contributed by atoms with Crippen molar-refractivity contribution < 1.29 is 14.2 Å². The van der Waals surface area contributed by atoms with Gasteiger partial charge in [-0.2, -0.15) is 0 Å². The summed E-state index contributed by atoms with van der Waals surface area (Å²) < 4.78 is 17.4. The van der Waals surface area contributed by atoms with Gasteiger partial charge in [0.05, 0.1) is 26.3 Å². The summed E-state index contributed by atoms with van der Waals surface area (Å²) in [6.07, 6.45) is 1.05. The Kier molecular flexibility index (Phi) is 10.6. The molecule has 1 unspecified atom stereocenters. The molecule has 2 aliphatic heterocycles. The summed E-state index contributed by atoms with van der Waals surface area (Å²) in [6.45, 7) is 9.38. The Morgan fingerprint density at radius 2 is 1.97 bits per heavy atom. The van der Waals surface area contributed by atoms with Crippen LogP contribution in [0.2, 0.25) is 0 Å². The van der Waals surface area contributed by atoms with Crippen LogP contribution in [-0.4, -0.2) is 69.5 Å². The SMILES string of the molecule is CCNC(=NCc1cccc(OCCN2CCOCC2)c1)NCC1Cc2ccccc2O1.I. The van der Waals surface area contributed by atoms with Gasteiger partial charge in [0.1, 0.15) is 24.2 Å². The van der Waals surface area contributed by atoms with Crippen LogP contribution in [0.3, 0.4) is 0 Å². The predicted molar refractivity (Wildman–Crippen MR) is 142 cm³/mol. The maximum Gasteiger partial charge on any atom is 0.191 e. The molecule has 0 radical (unpaired) electrons. The molecule has 2 aliphatic rings. The fourth-order valence-electron chi connectivity index (χ4n) is 3.94. The highest BCUT2D eigenvalue weighted by molar-refractivity contribution is 14.0. The van der Waals surface area contributed by atoms with Crippen molar-refractivity contribution in [2.45, 2.75) is 26.0 Å². The lowest BCUT2D eigenvalue weighted by Crippen LogP contribution is -2.42. The third-order valence-electron chi connectivity index (χ3n) is 5.65. The first kappa shape index (κ1) is 25.6. The van der Waals surface area contributed by atoms with E-state index >= 15 is 0 Å². The van der Waals surface area contributed by atoms with Gasteiger partial charge in [0, 0.05) is 32.6 Å². The fourth-order valence-corrected chi connectivity index (χ4v) is 3.94. The van der Waals surface area contributed by atoms with Crippen LogP contribution in [0.15, 0.2) is 53.5 Å². The monoisotopic (exact) mass is 566 g/mol. The number of nitrogens with one attached hydrogen (secondary N) is 2. The van der Waals surface area contributed by atoms with E-state index in [0.717, 1.165) is 68.8 Å². The van der Waals surface area contributed by atoms with Crippen LogP contribution in [0.4, 0.5) is 0 Å². The van der Waals surface area contributed by atoms with Gasteiger partial charge in [-0.1, -0.05) is 30.3 Å². The van der Waals surface area contributed by atoms with Crippen LogP contribution in [0.1, 0.15) is 18.1 Å². The molecule has 2 aromatic rings. The number of hydrogen-bond acceptors (Lipinski definition) is 5. The van der Waals surface area contributed by atoms with Crippen molar-refractivity contribution in [2.24, 2.45) is 4.99 Å². The maximum absolute atomic E-state index is 6.02. The summed E-state index contributed by atoms with van der Waals surface area (Å²) in [5.74, 6) is 2.68. The molecule has 33 heavy (non-hydrogen) atoms. The molecule has 180 valence electrons. The van der Waals surface area contributed by atoms with Crippen molar-refractivity contribution in [1.29, 1.82) is 0 Å². The largest absolute Gasteiger partial charge is 0.492 e. The zero-order valence-electron chi connectivity index (χ0n) is 19.3. The fraction of sp³-hybridized carbons (Fsp3) is 0.480. The standard InChI is InChI=1S/C25H34N4O3.HI/c1-2-26-25(28-19-23-17-21-7-3-4-9-24(21)32-23)27-18-20-6-5-8-22(16-20)31-15-12-29-10-13-30-14-11-29;/h3-9,16,23H,2,10-15,17-19H2,1H3,(H2,26,27,28);1H. The number of morpholine rings is 1. The molecule has 4 rings (SSSR count). The van der Waals surface area contributed by atoms with E-state index in [4.69, 9.17) is 19.2 Å². The van der Waals surface area contributed by atoms with Crippen molar-refractivity contribution in [1.82, 2.24) is 15.5 Å². The minimum absolute atomic E-state index is 0. The van der Waals surface area contributed by atoms with Crippen LogP contribution < -0.4 is 20.1 Å². The molecule has 1 saturated heterocycles. The number of halogens is 1. The molecule has 1 atom stereocenters. The molecule has 0 aliphatic carbocycles. The first-order chi connectivity index (χ1) is 15.8. The predicted octanol–water partition coefficient (Wildman–Crippen LogP) is 3.07. The molecule has 2 N–H and O–H groups in total. The van der Waals surface area contributed by atoms with Crippen molar-refractivity contribution in [3.05, 3.63) is 59.7 Å². The zero-order valence-corrected chi connectivity index (χ0v) is 21.6. The number of para-hydroxylation sites is 1. The van der Waals surface area contributed by atoms with Gasteiger partial charge in [0.15, 0.2) is 5.96 Å². The van der Waals surface area contributed by atoms with E-state index in [0.29, 0.717) is 19.7 Å². The summed E-state index contributed by atoms with van der Waals surface area (Å²) >= 11 is 0. The summed E-state index contributed by atoms with van der Waals surface area (Å²) in [5.41, 5.74) is 2.39. The highest BCUT2D eigenvalue weighted by Crippen LogP contribution is 2.27. The van der Waals surface area contributed by atoms with Crippen LogP contribution >= 0.6 is 24.0 Å². The summed E-state index contributed by atoms with van der Waals surface area (Å²) in [7, 11) is 0. The van der Waals surface area contributed by atoms with Gasteiger partial charge in [0.2, 0.25) is 0 Å². The number of guanidine groups is 1. The lowest BCUT2D eigenvalue weighted by atomic mass is 10.1. The second-order valence-electron chi connectivity index (χ2n) is 8.08. The molecule has 0 spiro atoms. The normalized spacial score (nSPS) is 18.1. The molecule has 7 nitrogen and oxygen atoms in total. The van der Waals surface area contributed by atoms with E-state index in [1.54, 1.807) is 0 Å². The van der Waals surface area contributed by atoms with E-state index in [-0.39, 0.29) is 30.1 Å². The quantitative estimate of drug-likeness (QED) is 0.277. The number of fused-ring (bicyclic) bond motifs is 1. The number of ether oxygens (including phenoxy) is 3. The molecule has 1 fully saturated rings. The van der Waals surface area contributed by atoms with Gasteiger partial charge < -0.3 is 24.8 Å². The Bertz CT molecular complexity index is 864. The molecular weight excluding hydrogens is 531 g/mol. The average Bonchev–Trinajstić information content (AvgIpc) is 3.25. The van der Waals surface area contributed by atoms with Crippen molar-refractivity contribution >= 4 is 29.9 Å². The molecule has 8 heteroatoms. The van der Waals surface area contributed by atoms with E-state index in [1.807, 2.05) is 24.3 Å². The zero-order chi connectivity index (χ0) is 22.0. The molecule has 2 aromatic carbocycles. The van der Waals surface area contributed by atoms with Crippen LogP contribution in [0.25, 0.3) is 0 Å². The second kappa shape index (κ2) is 13.6. The maximum atomic E-state index is 6.02. The van der Waals surface area contributed by atoms with Gasteiger partial charge in [-0.15, -0.1) is 24.0 Å². The first-order valence-electron chi connectivity index (χ1n) is 11.6. The molecule has 2 heterocycles. The van der Waals surface area contributed by atoms with Gasteiger partial charge >= 0.3 is 0 Å². The van der Waals surface area contributed by atoms with E-state index in [1.165, 1.54) is 5.56 Å². The lowest BCUT2D eigenvalue weighted by molar-refractivity contribution is 0.0322. The second-order valence-corrected chi connectivity index (χ2v) is 8.08. The van der Waals surface area contributed by atoms with E-state index in [2.05, 4.69) is 46.7 Å². The Balaban J connectivity index is 0.00000306. The highest BCUT2D eigenvalue weighted by Gasteiger charge is 2.22. The number of hydrogen-bond donors (Lipinski definition) is 2. The third-order valence-corrected chi connectivity index (χ3v) is 5.65. The van der Waals surface area contributed by atoms with Gasteiger partial charge in [-0.3, -0.25) is 4.90 Å². The Morgan fingerprint density at radius 1 is 1.12 bits per heavy atom. The molecule has 0 aromatic heterocycles. The van der Waals surface area contributed by atoms with Crippen molar-refractivity contribution in [3.8, 4) is 11.5 Å². The minimum atomic E-state index is 0. The highest BCUT2D eigenvalue weighted by atomic mass is 127. The van der Waals surface area contributed by atoms with Crippen molar-refractivity contribution in [3.63, 3.8) is 0 Å². The molecule has 0 amide bonds. The Hall–Kier alpha value is -2.04. The average molecular weight is 566 g/mol. The van der Waals surface area contributed by atoms with E-state index < -0.39 is 0 Å². The summed E-state index contributed by atoms with van der Waals surface area (Å²) in [4.78, 5) is 7.12. The van der Waals surface area contributed by atoms with Gasteiger partial charge in [-0.05, 0) is 36.2 Å². The first-order valence-corrected chi connectivity index (χ1v) is 11.6. The summed E-state index contributed by atoms with van der Waals surface area (Å²) in [6, 6.07) is 16.4. The van der Waals surface area contributed by atoms with Crippen LogP contribution in [0, 0.1) is 0 Å². The number of benzene rings is 2. The van der Waals surface area contributed by atoms with Gasteiger partial charge in [0.25, 0.3) is 0 Å². The van der Waals surface area contributed by atoms with E-state index in [9.17, 15) is 0 Å². The Morgan fingerprint density at radius 3 is 2.79 bits per heavy atom. The summed E-state index contributed by atoms with van der Waals surface area (Å²) in [5, 5.41) is 6.74. The molecule has 0 saturated carbocycles. The van der Waals surface area contributed by atoms with Crippen molar-refractivity contribution in [2.75, 3.05) is 52.5 Å². The smallest absolute Gasteiger partial charge is 0.191 e. The lowest BCUT2D eigenvalue weighted by Gasteiger charge is -2.26. The number of aliphatic imine (C=N–C) groups is 1. The van der Waals surface area contributed by atoms with Crippen LogP contribution in [-0.2, 0) is 17.7 Å². The molecule has 0 bridgehead atoms. The van der Waals surface area contributed by atoms with Gasteiger partial charge in [-0.25, -0.2) is 4.99 Å². The minimum Gasteiger partial charge on any atom is -0.492 e. The number of nitrogens with zero attached hydrogens (tertiary/aromatic N) is 2. The Labute approximate surface area is 213 Å². The topological polar surface area (TPSA) is 67.4 Å². The third kappa shape index (κ3) is 8.04.